The molecule has 0 atom stereocenters. The summed E-state index contributed by atoms with van der Waals surface area (Å²) in [6.07, 6.45) is -4.51. The Morgan fingerprint density at radius 3 is 2.46 bits per heavy atom. The summed E-state index contributed by atoms with van der Waals surface area (Å²) < 4.78 is 52.5. The van der Waals surface area contributed by atoms with Gasteiger partial charge in [-0.2, -0.15) is 13.2 Å². The van der Waals surface area contributed by atoms with E-state index in [1.165, 1.54) is 41.1 Å². The molecule has 0 spiro atoms. The number of halogens is 4. The third kappa shape index (κ3) is 3.71. The maximum atomic E-state index is 13.0. The smallest absolute Gasteiger partial charge is 0.319 e. The van der Waals surface area contributed by atoms with E-state index < -0.39 is 23.5 Å². The van der Waals surface area contributed by atoms with Crippen LogP contribution in [0.2, 0.25) is 0 Å². The van der Waals surface area contributed by atoms with Crippen LogP contribution in [-0.4, -0.2) is 20.7 Å². The predicted octanol–water partition coefficient (Wildman–Crippen LogP) is 3.99. The second kappa shape index (κ2) is 6.58. The quantitative estimate of drug-likeness (QED) is 0.715. The number of hydrogen-bond donors (Lipinski definition) is 1. The minimum absolute atomic E-state index is 0.0272. The summed E-state index contributed by atoms with van der Waals surface area (Å²) in [6.45, 7) is 1.59. The molecular weight excluding hydrogens is 352 g/mol. The third-order valence-electron chi connectivity index (χ3n) is 3.49. The van der Waals surface area contributed by atoms with E-state index in [0.717, 1.165) is 12.1 Å². The van der Waals surface area contributed by atoms with Gasteiger partial charge in [0.05, 0.1) is 11.3 Å². The molecule has 1 heterocycles. The highest BCUT2D eigenvalue weighted by Gasteiger charge is 2.30. The topological polar surface area (TPSA) is 59.8 Å². The molecule has 5 nitrogen and oxygen atoms in total. The van der Waals surface area contributed by atoms with Crippen LogP contribution in [0.3, 0.4) is 0 Å². The lowest BCUT2D eigenvalue weighted by Crippen LogP contribution is -2.15. The van der Waals surface area contributed by atoms with Crippen LogP contribution in [-0.2, 0) is 6.18 Å². The van der Waals surface area contributed by atoms with E-state index in [2.05, 4.69) is 15.4 Å². The van der Waals surface area contributed by atoms with Crippen molar-refractivity contribution in [3.05, 3.63) is 71.6 Å². The molecule has 0 radical (unpaired) electrons. The summed E-state index contributed by atoms with van der Waals surface area (Å²) in [5.41, 5.74) is -0.411. The first-order valence-electron chi connectivity index (χ1n) is 7.42. The number of hydrogen-bond acceptors (Lipinski definition) is 3. The van der Waals surface area contributed by atoms with Crippen LogP contribution in [0.4, 0.5) is 23.2 Å². The fraction of sp³-hybridized carbons (Fsp3) is 0.118. The highest BCUT2D eigenvalue weighted by molar-refractivity contribution is 6.01. The average Bonchev–Trinajstić information content (AvgIpc) is 2.97. The second-order valence-corrected chi connectivity index (χ2v) is 5.40. The second-order valence-electron chi connectivity index (χ2n) is 5.40. The first-order chi connectivity index (χ1) is 12.2. The Bertz CT molecular complexity index is 948. The molecule has 0 aliphatic rings. The van der Waals surface area contributed by atoms with E-state index in [4.69, 9.17) is 0 Å². The van der Waals surface area contributed by atoms with Crippen LogP contribution in [0.5, 0.6) is 0 Å². The Labute approximate surface area is 145 Å². The number of nitrogens with one attached hydrogen (secondary N) is 1. The molecule has 1 N–H and O–H groups in total. The molecule has 3 rings (SSSR count). The van der Waals surface area contributed by atoms with Crippen molar-refractivity contribution in [3.63, 3.8) is 0 Å². The molecule has 3 aromatic rings. The van der Waals surface area contributed by atoms with E-state index in [-0.39, 0.29) is 11.5 Å². The first kappa shape index (κ1) is 17.6. The monoisotopic (exact) mass is 364 g/mol. The number of anilines is 1. The zero-order chi connectivity index (χ0) is 18.9. The largest absolute Gasteiger partial charge is 0.416 e. The summed E-state index contributed by atoms with van der Waals surface area (Å²) in [5.74, 6) is -1.03. The molecule has 0 aliphatic carbocycles. The Morgan fingerprint density at radius 1 is 1.12 bits per heavy atom. The van der Waals surface area contributed by atoms with Crippen molar-refractivity contribution in [2.75, 3.05) is 5.32 Å². The molecule has 0 bridgehead atoms. The van der Waals surface area contributed by atoms with E-state index in [1.54, 1.807) is 6.92 Å². The number of nitrogens with zero attached hydrogens (tertiary/aromatic N) is 3. The lowest BCUT2D eigenvalue weighted by molar-refractivity contribution is -0.137. The van der Waals surface area contributed by atoms with Crippen LogP contribution in [0.15, 0.2) is 48.5 Å². The lowest BCUT2D eigenvalue weighted by Gasteiger charge is -2.08. The number of alkyl halides is 3. The van der Waals surface area contributed by atoms with Gasteiger partial charge in [-0.15, -0.1) is 5.10 Å². The van der Waals surface area contributed by atoms with Crippen LogP contribution in [0, 0.1) is 12.7 Å². The Hall–Kier alpha value is -3.23. The number of carbonyl (C=O) groups is 1. The fourth-order valence-electron chi connectivity index (χ4n) is 2.27. The number of benzene rings is 2. The molecular formula is C17H12F4N4O. The molecule has 0 saturated heterocycles. The minimum atomic E-state index is -4.51. The van der Waals surface area contributed by atoms with Crippen molar-refractivity contribution >= 4 is 11.6 Å². The molecule has 0 fully saturated rings. The summed E-state index contributed by atoms with van der Waals surface area (Å²) >= 11 is 0. The van der Waals surface area contributed by atoms with E-state index in [0.29, 0.717) is 11.5 Å². The zero-order valence-corrected chi connectivity index (χ0v) is 13.4. The van der Waals surface area contributed by atoms with Gasteiger partial charge in [0.2, 0.25) is 5.82 Å². The van der Waals surface area contributed by atoms with Crippen molar-refractivity contribution in [2.24, 2.45) is 0 Å². The zero-order valence-electron chi connectivity index (χ0n) is 13.4. The van der Waals surface area contributed by atoms with E-state index in [9.17, 15) is 22.4 Å². The first-order valence-corrected chi connectivity index (χ1v) is 7.42. The average molecular weight is 364 g/mol. The number of rotatable bonds is 3. The van der Waals surface area contributed by atoms with Gasteiger partial charge < -0.3 is 5.32 Å². The normalized spacial score (nSPS) is 11.4. The Balaban J connectivity index is 1.83. The van der Waals surface area contributed by atoms with Crippen molar-refractivity contribution in [2.45, 2.75) is 13.1 Å². The number of aryl methyl sites for hydroxylation is 1. The van der Waals surface area contributed by atoms with Gasteiger partial charge in [0.1, 0.15) is 11.6 Å². The molecule has 2 aromatic carbocycles. The number of carbonyl (C=O) groups excluding carboxylic acids is 1. The van der Waals surface area contributed by atoms with E-state index >= 15 is 0 Å². The summed E-state index contributed by atoms with van der Waals surface area (Å²) in [7, 11) is 0. The molecule has 1 aromatic heterocycles. The highest BCUT2D eigenvalue weighted by atomic mass is 19.4. The van der Waals surface area contributed by atoms with Gasteiger partial charge in [-0.1, -0.05) is 6.07 Å². The maximum Gasteiger partial charge on any atom is 0.416 e. The Morgan fingerprint density at radius 2 is 1.81 bits per heavy atom. The van der Waals surface area contributed by atoms with Crippen molar-refractivity contribution in [1.82, 2.24) is 14.8 Å². The number of amides is 1. The fourth-order valence-corrected chi connectivity index (χ4v) is 2.27. The molecule has 134 valence electrons. The Kier molecular flexibility index (Phi) is 4.45. The number of aromatic nitrogens is 3. The lowest BCUT2D eigenvalue weighted by atomic mass is 10.2. The van der Waals surface area contributed by atoms with Gasteiger partial charge in [0.15, 0.2) is 0 Å². The standard InChI is InChI=1S/C17H12F4N4O/c1-10-22-15(24-25(10)14-7-5-12(18)6-8-14)16(26)23-13-4-2-3-11(9-13)17(19,20)21/h2-9H,1H3,(H,23,26). The molecule has 0 aliphatic heterocycles. The van der Waals surface area contributed by atoms with Crippen LogP contribution >= 0.6 is 0 Å². The molecule has 9 heteroatoms. The van der Waals surface area contributed by atoms with Gasteiger partial charge in [-0.25, -0.2) is 14.1 Å². The van der Waals surface area contributed by atoms with E-state index in [1.807, 2.05) is 0 Å². The molecule has 0 saturated carbocycles. The van der Waals surface area contributed by atoms with Gasteiger partial charge >= 0.3 is 6.18 Å². The summed E-state index contributed by atoms with van der Waals surface area (Å²) in [6, 6.07) is 9.64. The van der Waals surface area contributed by atoms with Crippen LogP contribution < -0.4 is 5.32 Å². The van der Waals surface area contributed by atoms with Gasteiger partial charge in [-0.05, 0) is 49.4 Å². The van der Waals surface area contributed by atoms with Gasteiger partial charge in [-0.3, -0.25) is 4.79 Å². The van der Waals surface area contributed by atoms with Gasteiger partial charge in [0.25, 0.3) is 5.91 Å². The summed E-state index contributed by atoms with van der Waals surface area (Å²) in [5, 5.41) is 6.36. The molecule has 26 heavy (non-hydrogen) atoms. The van der Waals surface area contributed by atoms with Crippen LogP contribution in [0.1, 0.15) is 22.0 Å². The SMILES string of the molecule is Cc1nc(C(=O)Nc2cccc(C(F)(F)F)c2)nn1-c1ccc(F)cc1. The molecule has 0 unspecified atom stereocenters. The molecule has 1 amide bonds. The van der Waals surface area contributed by atoms with Crippen molar-refractivity contribution in [1.29, 1.82) is 0 Å². The van der Waals surface area contributed by atoms with Crippen LogP contribution in [0.25, 0.3) is 5.69 Å². The highest BCUT2D eigenvalue weighted by Crippen LogP contribution is 2.30. The van der Waals surface area contributed by atoms with Gasteiger partial charge in [0, 0.05) is 5.69 Å². The minimum Gasteiger partial charge on any atom is -0.319 e. The third-order valence-corrected chi connectivity index (χ3v) is 3.49. The predicted molar refractivity (Wildman–Crippen MR) is 85.5 cm³/mol. The van der Waals surface area contributed by atoms with Crippen molar-refractivity contribution in [3.8, 4) is 5.69 Å². The summed E-state index contributed by atoms with van der Waals surface area (Å²) in [4.78, 5) is 16.2. The maximum absolute atomic E-state index is 13.0. The van der Waals surface area contributed by atoms with Crippen molar-refractivity contribution < 1.29 is 22.4 Å².